The normalized spacial score (nSPS) is 21.1. The van der Waals surface area contributed by atoms with E-state index in [0.717, 1.165) is 18.6 Å². The molecule has 0 aromatic rings. The molecule has 3 nitrogen and oxygen atoms in total. The van der Waals surface area contributed by atoms with Crippen molar-refractivity contribution in [2.24, 2.45) is 0 Å². The van der Waals surface area contributed by atoms with E-state index in [-0.39, 0.29) is 12.1 Å². The minimum absolute atomic E-state index is 0.254. The summed E-state index contributed by atoms with van der Waals surface area (Å²) in [5.74, 6) is 0.977. The lowest BCUT2D eigenvalue weighted by Gasteiger charge is -2.23. The summed E-state index contributed by atoms with van der Waals surface area (Å²) < 4.78 is 0. The van der Waals surface area contributed by atoms with E-state index >= 15 is 0 Å². The Hall–Kier alpha value is -0.240. The van der Waals surface area contributed by atoms with Gasteiger partial charge in [0.1, 0.15) is 5.54 Å². The van der Waals surface area contributed by atoms with Crippen LogP contribution in [0.25, 0.3) is 0 Å². The van der Waals surface area contributed by atoms with Crippen LogP contribution in [0.4, 0.5) is 0 Å². The molecule has 2 unspecified atom stereocenters. The molecule has 2 atom stereocenters. The number of aliphatic hydroxyl groups is 1. The molecule has 1 rings (SSSR count). The van der Waals surface area contributed by atoms with Gasteiger partial charge >= 0.3 is 0 Å². The number of rotatable bonds is 8. The summed E-state index contributed by atoms with van der Waals surface area (Å²) in [7, 11) is 0. The zero-order chi connectivity index (χ0) is 12.0. The van der Waals surface area contributed by atoms with Gasteiger partial charge in [-0.15, -0.1) is 0 Å². The van der Waals surface area contributed by atoms with Crippen LogP contribution in [0.15, 0.2) is 0 Å². The fourth-order valence-electron chi connectivity index (χ4n) is 1.57. The van der Waals surface area contributed by atoms with Crippen LogP contribution in [0, 0.1) is 11.3 Å². The molecule has 0 bridgehead atoms. The second-order valence-corrected chi connectivity index (χ2v) is 6.35. The average molecular weight is 242 g/mol. The van der Waals surface area contributed by atoms with Crippen LogP contribution < -0.4 is 5.32 Å². The molecule has 4 heteroatoms. The molecule has 92 valence electrons. The second-order valence-electron chi connectivity index (χ2n) is 4.81. The third kappa shape index (κ3) is 5.20. The van der Waals surface area contributed by atoms with Crippen molar-refractivity contribution in [1.82, 2.24) is 5.32 Å². The second kappa shape index (κ2) is 6.48. The van der Waals surface area contributed by atoms with Crippen molar-refractivity contribution >= 4 is 11.8 Å². The minimum atomic E-state index is -0.368. The Kier molecular flexibility index (Phi) is 5.60. The Morgan fingerprint density at radius 2 is 2.31 bits per heavy atom. The lowest BCUT2D eigenvalue weighted by Crippen LogP contribution is -2.42. The van der Waals surface area contributed by atoms with E-state index in [9.17, 15) is 0 Å². The van der Waals surface area contributed by atoms with Crippen LogP contribution in [0.3, 0.4) is 0 Å². The molecule has 1 aliphatic carbocycles. The highest BCUT2D eigenvalue weighted by molar-refractivity contribution is 7.99. The third-order valence-electron chi connectivity index (χ3n) is 2.89. The Morgan fingerprint density at radius 3 is 2.81 bits per heavy atom. The van der Waals surface area contributed by atoms with Crippen LogP contribution in [0.5, 0.6) is 0 Å². The van der Waals surface area contributed by atoms with Crippen LogP contribution >= 0.6 is 11.8 Å². The number of nitrogens with zero attached hydrogens (tertiary/aromatic N) is 1. The summed E-state index contributed by atoms with van der Waals surface area (Å²) in [5, 5.41) is 21.8. The van der Waals surface area contributed by atoms with E-state index < -0.39 is 0 Å². The standard InChI is InChI=1S/C12H22N2OS/c1-10(5-7-15)16-8-6-12(2,9-13)14-11-3-4-11/h10-11,14-15H,3-8H2,1-2H3. The summed E-state index contributed by atoms with van der Waals surface area (Å²) in [5.41, 5.74) is -0.368. The summed E-state index contributed by atoms with van der Waals surface area (Å²) in [6.07, 6.45) is 4.14. The molecule has 1 aliphatic rings. The van der Waals surface area contributed by atoms with E-state index in [1.54, 1.807) is 0 Å². The number of hydrogen-bond donors (Lipinski definition) is 2. The van der Waals surface area contributed by atoms with Crippen molar-refractivity contribution < 1.29 is 5.11 Å². The minimum Gasteiger partial charge on any atom is -0.396 e. The molecule has 0 aromatic carbocycles. The Balaban J connectivity index is 2.20. The molecule has 0 aliphatic heterocycles. The highest BCUT2D eigenvalue weighted by atomic mass is 32.2. The number of nitrogens with one attached hydrogen (secondary N) is 1. The molecule has 0 saturated heterocycles. The summed E-state index contributed by atoms with van der Waals surface area (Å²) >= 11 is 1.84. The van der Waals surface area contributed by atoms with Gasteiger partial charge in [-0.3, -0.25) is 5.32 Å². The first kappa shape index (κ1) is 13.8. The summed E-state index contributed by atoms with van der Waals surface area (Å²) in [4.78, 5) is 0. The van der Waals surface area contributed by atoms with Gasteiger partial charge in [0.2, 0.25) is 0 Å². The predicted octanol–water partition coefficient (Wildman–Crippen LogP) is 1.91. The summed E-state index contributed by atoms with van der Waals surface area (Å²) in [6.45, 7) is 4.37. The summed E-state index contributed by atoms with van der Waals surface area (Å²) in [6, 6.07) is 2.96. The van der Waals surface area contributed by atoms with Crippen molar-refractivity contribution in [3.63, 3.8) is 0 Å². The lowest BCUT2D eigenvalue weighted by atomic mass is 10.0. The van der Waals surface area contributed by atoms with Gasteiger partial charge in [0.05, 0.1) is 6.07 Å². The largest absolute Gasteiger partial charge is 0.396 e. The van der Waals surface area contributed by atoms with Crippen molar-refractivity contribution in [3.05, 3.63) is 0 Å². The maximum atomic E-state index is 9.17. The number of aliphatic hydroxyl groups excluding tert-OH is 1. The maximum Gasteiger partial charge on any atom is 0.104 e. The topological polar surface area (TPSA) is 56.0 Å². The smallest absolute Gasteiger partial charge is 0.104 e. The number of thioether (sulfide) groups is 1. The van der Waals surface area contributed by atoms with Crippen LogP contribution in [-0.2, 0) is 0 Å². The van der Waals surface area contributed by atoms with Gasteiger partial charge in [-0.2, -0.15) is 17.0 Å². The van der Waals surface area contributed by atoms with Crippen molar-refractivity contribution in [3.8, 4) is 6.07 Å². The molecule has 0 aromatic heterocycles. The first-order valence-corrected chi connectivity index (χ1v) is 7.06. The van der Waals surface area contributed by atoms with E-state index in [2.05, 4.69) is 18.3 Å². The monoisotopic (exact) mass is 242 g/mol. The number of hydrogen-bond acceptors (Lipinski definition) is 4. The average Bonchev–Trinajstić information content (AvgIpc) is 3.02. The molecular weight excluding hydrogens is 220 g/mol. The SMILES string of the molecule is CC(CCO)SCCC(C)(C#N)NC1CC1. The van der Waals surface area contributed by atoms with Crippen LogP contribution in [0.2, 0.25) is 0 Å². The third-order valence-corrected chi connectivity index (χ3v) is 4.13. The zero-order valence-corrected chi connectivity index (χ0v) is 11.0. The first-order chi connectivity index (χ1) is 7.59. The quantitative estimate of drug-likeness (QED) is 0.683. The van der Waals surface area contributed by atoms with Gasteiger partial charge in [0.15, 0.2) is 0 Å². The highest BCUT2D eigenvalue weighted by Gasteiger charge is 2.32. The maximum absolute atomic E-state index is 9.17. The van der Waals surface area contributed by atoms with Crippen molar-refractivity contribution in [2.75, 3.05) is 12.4 Å². The molecule has 0 amide bonds. The molecule has 16 heavy (non-hydrogen) atoms. The van der Waals surface area contributed by atoms with Crippen molar-refractivity contribution in [1.29, 1.82) is 5.26 Å². The number of nitriles is 1. The Labute approximate surface area is 103 Å². The fraction of sp³-hybridized carbons (Fsp3) is 0.917. The molecular formula is C12H22N2OS. The van der Waals surface area contributed by atoms with Gasteiger partial charge in [-0.25, -0.2) is 0 Å². The predicted molar refractivity (Wildman–Crippen MR) is 68.4 cm³/mol. The highest BCUT2D eigenvalue weighted by Crippen LogP contribution is 2.25. The van der Waals surface area contributed by atoms with E-state index in [1.165, 1.54) is 12.8 Å². The van der Waals surface area contributed by atoms with Crippen LogP contribution in [0.1, 0.15) is 39.5 Å². The molecule has 2 N–H and O–H groups in total. The van der Waals surface area contributed by atoms with Crippen LogP contribution in [-0.4, -0.2) is 34.3 Å². The van der Waals surface area contributed by atoms with Gasteiger partial charge < -0.3 is 5.11 Å². The van der Waals surface area contributed by atoms with Gasteiger partial charge in [0, 0.05) is 17.9 Å². The van der Waals surface area contributed by atoms with Gasteiger partial charge in [-0.05, 0) is 38.4 Å². The Morgan fingerprint density at radius 1 is 1.62 bits per heavy atom. The first-order valence-electron chi connectivity index (χ1n) is 6.01. The van der Waals surface area contributed by atoms with E-state index in [4.69, 9.17) is 10.4 Å². The molecule has 1 fully saturated rings. The fourth-order valence-corrected chi connectivity index (χ4v) is 2.77. The molecule has 0 heterocycles. The molecule has 0 radical (unpaired) electrons. The lowest BCUT2D eigenvalue weighted by molar-refractivity contribution is 0.289. The van der Waals surface area contributed by atoms with E-state index in [1.807, 2.05) is 18.7 Å². The Bertz CT molecular complexity index is 250. The molecule has 0 spiro atoms. The van der Waals surface area contributed by atoms with Crippen molar-refractivity contribution in [2.45, 2.75) is 56.4 Å². The van der Waals surface area contributed by atoms with Gasteiger partial charge in [0.25, 0.3) is 0 Å². The van der Waals surface area contributed by atoms with Gasteiger partial charge in [-0.1, -0.05) is 6.92 Å². The zero-order valence-electron chi connectivity index (χ0n) is 10.2. The molecule has 1 saturated carbocycles. The van der Waals surface area contributed by atoms with E-state index in [0.29, 0.717) is 11.3 Å².